The summed E-state index contributed by atoms with van der Waals surface area (Å²) >= 11 is 0. The van der Waals surface area contributed by atoms with Gasteiger partial charge in [0.1, 0.15) is 5.82 Å². The standard InChI is InChI=1S/C12H23N5/c1-5-8(2)11-14-12(16-15-11)17-6-9(3)13-10(4)7-17/h8-10,13H,5-7H2,1-4H3,(H,14,15,16). The minimum Gasteiger partial charge on any atom is -0.336 e. The second-order valence-electron chi connectivity index (χ2n) is 5.20. The molecule has 2 N–H and O–H groups in total. The zero-order valence-corrected chi connectivity index (χ0v) is 11.2. The third-order valence-electron chi connectivity index (χ3n) is 3.41. The molecule has 1 aromatic rings. The summed E-state index contributed by atoms with van der Waals surface area (Å²) in [6.07, 6.45) is 1.09. The van der Waals surface area contributed by atoms with Crippen molar-refractivity contribution in [1.82, 2.24) is 20.5 Å². The van der Waals surface area contributed by atoms with E-state index in [1.54, 1.807) is 0 Å². The molecule has 0 amide bonds. The van der Waals surface area contributed by atoms with Gasteiger partial charge < -0.3 is 10.2 Å². The minimum absolute atomic E-state index is 0.453. The van der Waals surface area contributed by atoms with Crippen molar-refractivity contribution in [2.75, 3.05) is 18.0 Å². The molecule has 3 unspecified atom stereocenters. The van der Waals surface area contributed by atoms with Crippen LogP contribution >= 0.6 is 0 Å². The lowest BCUT2D eigenvalue weighted by Crippen LogP contribution is -2.54. The Morgan fingerprint density at radius 2 is 2.00 bits per heavy atom. The average Bonchev–Trinajstić information content (AvgIpc) is 2.76. The summed E-state index contributed by atoms with van der Waals surface area (Å²) in [5.41, 5.74) is 0. The molecule has 5 heteroatoms. The largest absolute Gasteiger partial charge is 0.336 e. The van der Waals surface area contributed by atoms with Crippen LogP contribution in [-0.4, -0.2) is 40.4 Å². The van der Waals surface area contributed by atoms with Gasteiger partial charge in [0.25, 0.3) is 0 Å². The molecule has 0 spiro atoms. The van der Waals surface area contributed by atoms with E-state index in [0.29, 0.717) is 18.0 Å². The van der Waals surface area contributed by atoms with E-state index in [0.717, 1.165) is 31.3 Å². The molecule has 0 bridgehead atoms. The van der Waals surface area contributed by atoms with Crippen molar-refractivity contribution in [2.45, 2.75) is 52.1 Å². The first-order chi connectivity index (χ1) is 8.10. The fourth-order valence-corrected chi connectivity index (χ4v) is 2.31. The van der Waals surface area contributed by atoms with Gasteiger partial charge in [-0.15, -0.1) is 5.10 Å². The van der Waals surface area contributed by atoms with Crippen LogP contribution in [0.4, 0.5) is 5.95 Å². The molecule has 0 saturated carbocycles. The number of piperazine rings is 1. The van der Waals surface area contributed by atoms with E-state index >= 15 is 0 Å². The molecule has 3 atom stereocenters. The molecule has 1 aromatic heterocycles. The summed E-state index contributed by atoms with van der Waals surface area (Å²) in [7, 11) is 0. The maximum Gasteiger partial charge on any atom is 0.244 e. The first kappa shape index (κ1) is 12.4. The minimum atomic E-state index is 0.453. The van der Waals surface area contributed by atoms with Gasteiger partial charge >= 0.3 is 0 Å². The van der Waals surface area contributed by atoms with Crippen LogP contribution in [0.5, 0.6) is 0 Å². The van der Waals surface area contributed by atoms with Crippen molar-refractivity contribution in [3.05, 3.63) is 5.82 Å². The molecule has 0 radical (unpaired) electrons. The highest BCUT2D eigenvalue weighted by Gasteiger charge is 2.24. The maximum absolute atomic E-state index is 4.61. The summed E-state index contributed by atoms with van der Waals surface area (Å²) in [6, 6.07) is 0.980. The summed E-state index contributed by atoms with van der Waals surface area (Å²) in [4.78, 5) is 6.86. The van der Waals surface area contributed by atoms with Crippen molar-refractivity contribution in [3.63, 3.8) is 0 Å². The predicted octanol–water partition coefficient (Wildman–Crippen LogP) is 1.50. The number of nitrogens with one attached hydrogen (secondary N) is 2. The number of rotatable bonds is 3. The van der Waals surface area contributed by atoms with Crippen molar-refractivity contribution in [1.29, 1.82) is 0 Å². The number of hydrogen-bond donors (Lipinski definition) is 2. The Hall–Kier alpha value is -1.10. The predicted molar refractivity (Wildman–Crippen MR) is 69.4 cm³/mol. The van der Waals surface area contributed by atoms with Crippen LogP contribution in [0.15, 0.2) is 0 Å². The fourth-order valence-electron chi connectivity index (χ4n) is 2.31. The van der Waals surface area contributed by atoms with E-state index in [1.165, 1.54) is 0 Å². The van der Waals surface area contributed by atoms with Gasteiger partial charge in [-0.25, -0.2) is 0 Å². The Bertz CT molecular complexity index is 352. The van der Waals surface area contributed by atoms with E-state index in [-0.39, 0.29) is 0 Å². The van der Waals surface area contributed by atoms with E-state index in [2.05, 4.69) is 53.1 Å². The highest BCUT2D eigenvalue weighted by atomic mass is 15.4. The van der Waals surface area contributed by atoms with Crippen LogP contribution < -0.4 is 10.2 Å². The lowest BCUT2D eigenvalue weighted by atomic mass is 10.1. The van der Waals surface area contributed by atoms with Gasteiger partial charge in [0.15, 0.2) is 0 Å². The van der Waals surface area contributed by atoms with E-state index < -0.39 is 0 Å². The molecule has 5 nitrogen and oxygen atoms in total. The average molecular weight is 237 g/mol. The molecule has 1 fully saturated rings. The summed E-state index contributed by atoms with van der Waals surface area (Å²) in [6.45, 7) is 10.7. The Morgan fingerprint density at radius 1 is 1.35 bits per heavy atom. The second kappa shape index (κ2) is 5.04. The van der Waals surface area contributed by atoms with Gasteiger partial charge in [-0.1, -0.05) is 13.8 Å². The number of nitrogens with zero attached hydrogens (tertiary/aromatic N) is 3. The van der Waals surface area contributed by atoms with Crippen LogP contribution in [0.2, 0.25) is 0 Å². The molecule has 0 aromatic carbocycles. The summed E-state index contributed by atoms with van der Waals surface area (Å²) < 4.78 is 0. The number of anilines is 1. The van der Waals surface area contributed by atoms with Gasteiger partial charge in [-0.3, -0.25) is 5.10 Å². The van der Waals surface area contributed by atoms with Crippen LogP contribution in [0, 0.1) is 0 Å². The van der Waals surface area contributed by atoms with Crippen LogP contribution in [0.25, 0.3) is 0 Å². The van der Waals surface area contributed by atoms with E-state index in [4.69, 9.17) is 0 Å². The van der Waals surface area contributed by atoms with Gasteiger partial charge in [-0.2, -0.15) is 4.98 Å². The number of H-pyrrole nitrogens is 1. The normalized spacial score (nSPS) is 27.2. The van der Waals surface area contributed by atoms with Gasteiger partial charge in [0.2, 0.25) is 5.95 Å². The maximum atomic E-state index is 4.61. The number of hydrogen-bond acceptors (Lipinski definition) is 4. The highest BCUT2D eigenvalue weighted by molar-refractivity contribution is 5.31. The lowest BCUT2D eigenvalue weighted by Gasteiger charge is -2.35. The molecule has 1 aliphatic rings. The zero-order valence-electron chi connectivity index (χ0n) is 11.2. The van der Waals surface area contributed by atoms with Crippen molar-refractivity contribution >= 4 is 5.95 Å². The summed E-state index contributed by atoms with van der Waals surface area (Å²) in [5, 5.41) is 10.9. The molecule has 17 heavy (non-hydrogen) atoms. The van der Waals surface area contributed by atoms with Crippen molar-refractivity contribution in [2.24, 2.45) is 0 Å². The molecular formula is C12H23N5. The first-order valence-electron chi connectivity index (χ1n) is 6.53. The van der Waals surface area contributed by atoms with Crippen molar-refractivity contribution < 1.29 is 0 Å². The smallest absolute Gasteiger partial charge is 0.244 e. The molecule has 0 aliphatic carbocycles. The Labute approximate surface area is 103 Å². The van der Waals surface area contributed by atoms with E-state index in [1.807, 2.05) is 0 Å². The van der Waals surface area contributed by atoms with Crippen LogP contribution in [0.1, 0.15) is 45.9 Å². The number of aromatic amines is 1. The SMILES string of the molecule is CCC(C)c1nc(N2CC(C)NC(C)C2)n[nH]1. The first-order valence-corrected chi connectivity index (χ1v) is 6.53. The highest BCUT2D eigenvalue weighted by Crippen LogP contribution is 2.18. The lowest BCUT2D eigenvalue weighted by molar-refractivity contribution is 0.403. The topological polar surface area (TPSA) is 56.8 Å². The quantitative estimate of drug-likeness (QED) is 0.836. The Morgan fingerprint density at radius 3 is 2.59 bits per heavy atom. The van der Waals surface area contributed by atoms with Gasteiger partial charge in [0, 0.05) is 31.1 Å². The van der Waals surface area contributed by atoms with Crippen LogP contribution in [-0.2, 0) is 0 Å². The van der Waals surface area contributed by atoms with Gasteiger partial charge in [-0.05, 0) is 20.3 Å². The zero-order chi connectivity index (χ0) is 12.4. The molecular weight excluding hydrogens is 214 g/mol. The Kier molecular flexibility index (Phi) is 3.66. The molecule has 2 heterocycles. The van der Waals surface area contributed by atoms with Crippen LogP contribution in [0.3, 0.4) is 0 Å². The van der Waals surface area contributed by atoms with Gasteiger partial charge in [0.05, 0.1) is 0 Å². The summed E-state index contributed by atoms with van der Waals surface area (Å²) in [5.74, 6) is 2.30. The number of aromatic nitrogens is 3. The molecule has 1 aliphatic heterocycles. The van der Waals surface area contributed by atoms with Crippen molar-refractivity contribution in [3.8, 4) is 0 Å². The molecule has 1 saturated heterocycles. The fraction of sp³-hybridized carbons (Fsp3) is 0.833. The third-order valence-corrected chi connectivity index (χ3v) is 3.41. The second-order valence-corrected chi connectivity index (χ2v) is 5.20. The Balaban J connectivity index is 2.09. The third kappa shape index (κ3) is 2.77. The molecule has 2 rings (SSSR count). The monoisotopic (exact) mass is 237 g/mol. The van der Waals surface area contributed by atoms with E-state index in [9.17, 15) is 0 Å². The molecule has 96 valence electrons.